The summed E-state index contributed by atoms with van der Waals surface area (Å²) in [5.74, 6) is 2.28. The van der Waals surface area contributed by atoms with Crippen LogP contribution in [0, 0.1) is 17.8 Å². The van der Waals surface area contributed by atoms with Gasteiger partial charge >= 0.3 is 0 Å². The van der Waals surface area contributed by atoms with Crippen LogP contribution in [0.3, 0.4) is 0 Å². The second-order valence-electron chi connectivity index (χ2n) is 5.92. The molecule has 4 unspecified atom stereocenters. The van der Waals surface area contributed by atoms with Crippen molar-refractivity contribution in [1.29, 1.82) is 0 Å². The zero-order valence-corrected chi connectivity index (χ0v) is 11.4. The number of rotatable bonds is 6. The lowest BCUT2D eigenvalue weighted by Gasteiger charge is -2.34. The van der Waals surface area contributed by atoms with Gasteiger partial charge in [-0.25, -0.2) is 0 Å². The SMILES string of the molecule is CCCC(C)CC1CC(CCC)CCC1O. The topological polar surface area (TPSA) is 20.2 Å². The molecule has 0 aliphatic heterocycles. The molecule has 96 valence electrons. The van der Waals surface area contributed by atoms with Gasteiger partial charge in [0, 0.05) is 0 Å². The second kappa shape index (κ2) is 7.32. The van der Waals surface area contributed by atoms with Gasteiger partial charge < -0.3 is 5.11 Å². The normalized spacial score (nSPS) is 32.6. The van der Waals surface area contributed by atoms with Crippen LogP contribution in [0.15, 0.2) is 0 Å². The summed E-state index contributed by atoms with van der Waals surface area (Å²) in [6.07, 6.45) is 10.1. The van der Waals surface area contributed by atoms with Crippen LogP contribution in [-0.4, -0.2) is 11.2 Å². The van der Waals surface area contributed by atoms with Gasteiger partial charge in [-0.15, -0.1) is 0 Å². The van der Waals surface area contributed by atoms with Crippen molar-refractivity contribution in [2.45, 2.75) is 78.2 Å². The second-order valence-corrected chi connectivity index (χ2v) is 5.92. The summed E-state index contributed by atoms with van der Waals surface area (Å²) >= 11 is 0. The summed E-state index contributed by atoms with van der Waals surface area (Å²) in [7, 11) is 0. The number of aliphatic hydroxyl groups is 1. The quantitative estimate of drug-likeness (QED) is 0.712. The highest BCUT2D eigenvalue weighted by molar-refractivity contribution is 4.80. The Bertz CT molecular complexity index is 176. The molecule has 0 amide bonds. The summed E-state index contributed by atoms with van der Waals surface area (Å²) in [4.78, 5) is 0. The molecule has 0 aromatic rings. The van der Waals surface area contributed by atoms with E-state index in [9.17, 15) is 5.11 Å². The first-order chi connectivity index (χ1) is 7.67. The van der Waals surface area contributed by atoms with Gasteiger partial charge in [-0.1, -0.05) is 46.5 Å². The molecule has 0 bridgehead atoms. The van der Waals surface area contributed by atoms with Crippen LogP contribution in [0.4, 0.5) is 0 Å². The van der Waals surface area contributed by atoms with Crippen molar-refractivity contribution in [3.63, 3.8) is 0 Å². The van der Waals surface area contributed by atoms with E-state index in [2.05, 4.69) is 20.8 Å². The highest BCUT2D eigenvalue weighted by Gasteiger charge is 2.29. The summed E-state index contributed by atoms with van der Waals surface area (Å²) in [5.41, 5.74) is 0. The standard InChI is InChI=1S/C15H30O/c1-4-6-12(3)10-14-11-13(7-5-2)8-9-15(14)16/h12-16H,4-11H2,1-3H3. The van der Waals surface area contributed by atoms with Crippen LogP contribution in [-0.2, 0) is 0 Å². The van der Waals surface area contributed by atoms with Gasteiger partial charge in [-0.3, -0.25) is 0 Å². The van der Waals surface area contributed by atoms with Gasteiger partial charge in [0.1, 0.15) is 0 Å². The fourth-order valence-electron chi connectivity index (χ4n) is 3.40. The van der Waals surface area contributed by atoms with Crippen LogP contribution in [0.1, 0.15) is 72.1 Å². The maximum atomic E-state index is 10.1. The van der Waals surface area contributed by atoms with E-state index >= 15 is 0 Å². The average Bonchev–Trinajstić information content (AvgIpc) is 2.24. The van der Waals surface area contributed by atoms with Crippen molar-refractivity contribution >= 4 is 0 Å². The van der Waals surface area contributed by atoms with E-state index in [1.807, 2.05) is 0 Å². The van der Waals surface area contributed by atoms with E-state index in [0.717, 1.165) is 18.3 Å². The Balaban J connectivity index is 2.36. The van der Waals surface area contributed by atoms with E-state index in [4.69, 9.17) is 0 Å². The van der Waals surface area contributed by atoms with Crippen molar-refractivity contribution in [2.75, 3.05) is 0 Å². The third-order valence-corrected chi connectivity index (χ3v) is 4.23. The van der Waals surface area contributed by atoms with Crippen LogP contribution in [0.2, 0.25) is 0 Å². The highest BCUT2D eigenvalue weighted by atomic mass is 16.3. The molecular weight excluding hydrogens is 196 g/mol. The van der Waals surface area contributed by atoms with Gasteiger partial charge in [0.05, 0.1) is 6.10 Å². The Morgan fingerprint density at radius 2 is 1.94 bits per heavy atom. The zero-order valence-electron chi connectivity index (χ0n) is 11.4. The van der Waals surface area contributed by atoms with E-state index in [1.54, 1.807) is 0 Å². The largest absolute Gasteiger partial charge is 0.393 e. The monoisotopic (exact) mass is 226 g/mol. The number of aliphatic hydroxyl groups excluding tert-OH is 1. The molecule has 16 heavy (non-hydrogen) atoms. The third-order valence-electron chi connectivity index (χ3n) is 4.23. The van der Waals surface area contributed by atoms with E-state index < -0.39 is 0 Å². The molecule has 1 heteroatoms. The Labute approximate surface area is 102 Å². The Hall–Kier alpha value is -0.0400. The van der Waals surface area contributed by atoms with Crippen molar-refractivity contribution in [3.05, 3.63) is 0 Å². The Morgan fingerprint density at radius 1 is 1.19 bits per heavy atom. The van der Waals surface area contributed by atoms with Crippen LogP contribution >= 0.6 is 0 Å². The highest BCUT2D eigenvalue weighted by Crippen LogP contribution is 2.36. The number of hydrogen-bond acceptors (Lipinski definition) is 1. The van der Waals surface area contributed by atoms with Gasteiger partial charge in [-0.2, -0.15) is 0 Å². The van der Waals surface area contributed by atoms with E-state index in [1.165, 1.54) is 44.9 Å². The van der Waals surface area contributed by atoms with Crippen molar-refractivity contribution in [3.8, 4) is 0 Å². The Morgan fingerprint density at radius 3 is 2.56 bits per heavy atom. The third kappa shape index (κ3) is 4.45. The summed E-state index contributed by atoms with van der Waals surface area (Å²) in [5, 5.41) is 10.1. The van der Waals surface area contributed by atoms with Crippen LogP contribution < -0.4 is 0 Å². The molecule has 1 saturated carbocycles. The molecule has 0 aromatic carbocycles. The molecule has 1 N–H and O–H groups in total. The molecule has 0 radical (unpaired) electrons. The molecule has 0 heterocycles. The van der Waals surface area contributed by atoms with Gasteiger partial charge in [0.2, 0.25) is 0 Å². The molecule has 0 spiro atoms. The summed E-state index contributed by atoms with van der Waals surface area (Å²) < 4.78 is 0. The lowest BCUT2D eigenvalue weighted by atomic mass is 9.74. The molecule has 0 saturated heterocycles. The van der Waals surface area contributed by atoms with Gasteiger partial charge in [-0.05, 0) is 43.4 Å². The zero-order chi connectivity index (χ0) is 12.0. The lowest BCUT2D eigenvalue weighted by molar-refractivity contribution is 0.0339. The van der Waals surface area contributed by atoms with E-state index in [0.29, 0.717) is 5.92 Å². The first-order valence-electron chi connectivity index (χ1n) is 7.35. The maximum absolute atomic E-state index is 10.1. The summed E-state index contributed by atoms with van der Waals surface area (Å²) in [6.45, 7) is 6.88. The van der Waals surface area contributed by atoms with Crippen molar-refractivity contribution in [1.82, 2.24) is 0 Å². The van der Waals surface area contributed by atoms with Gasteiger partial charge in [0.25, 0.3) is 0 Å². The first-order valence-corrected chi connectivity index (χ1v) is 7.35. The minimum Gasteiger partial charge on any atom is -0.393 e. The van der Waals surface area contributed by atoms with Gasteiger partial charge in [0.15, 0.2) is 0 Å². The summed E-state index contributed by atoms with van der Waals surface area (Å²) in [6, 6.07) is 0. The minimum absolute atomic E-state index is 0.00703. The average molecular weight is 226 g/mol. The maximum Gasteiger partial charge on any atom is 0.0568 e. The number of hydrogen-bond donors (Lipinski definition) is 1. The molecule has 1 fully saturated rings. The predicted octanol–water partition coefficient (Wildman–Crippen LogP) is 4.39. The molecule has 1 rings (SSSR count). The molecule has 1 aliphatic carbocycles. The molecule has 4 atom stereocenters. The van der Waals surface area contributed by atoms with Crippen molar-refractivity contribution in [2.24, 2.45) is 17.8 Å². The fraction of sp³-hybridized carbons (Fsp3) is 1.00. The molecule has 1 aliphatic rings. The molecular formula is C15H30O. The predicted molar refractivity (Wildman–Crippen MR) is 70.4 cm³/mol. The van der Waals surface area contributed by atoms with Crippen LogP contribution in [0.5, 0.6) is 0 Å². The molecule has 1 nitrogen and oxygen atoms in total. The fourth-order valence-corrected chi connectivity index (χ4v) is 3.40. The first kappa shape index (κ1) is 14.0. The van der Waals surface area contributed by atoms with Crippen molar-refractivity contribution < 1.29 is 5.11 Å². The van der Waals surface area contributed by atoms with E-state index in [-0.39, 0.29) is 6.10 Å². The van der Waals surface area contributed by atoms with Crippen LogP contribution in [0.25, 0.3) is 0 Å². The lowest BCUT2D eigenvalue weighted by Crippen LogP contribution is -2.30. The minimum atomic E-state index is -0.00703. The Kier molecular flexibility index (Phi) is 6.41. The molecule has 0 aromatic heterocycles. The smallest absolute Gasteiger partial charge is 0.0568 e.